The minimum absolute atomic E-state index is 0.115. The van der Waals surface area contributed by atoms with Crippen LogP contribution in [0.2, 0.25) is 0 Å². The highest BCUT2D eigenvalue weighted by Crippen LogP contribution is 2.33. The van der Waals surface area contributed by atoms with Crippen molar-refractivity contribution in [3.8, 4) is 0 Å². The summed E-state index contributed by atoms with van der Waals surface area (Å²) in [7, 11) is 0. The van der Waals surface area contributed by atoms with E-state index in [2.05, 4.69) is 49.9 Å². The second-order valence-electron chi connectivity index (χ2n) is 6.24. The second kappa shape index (κ2) is 7.12. The number of aryl methyl sites for hydroxylation is 1. The molecular weight excluding hydrogens is 246 g/mol. The van der Waals surface area contributed by atoms with E-state index in [9.17, 15) is 5.11 Å². The molecule has 20 heavy (non-hydrogen) atoms. The number of hydrogen-bond acceptors (Lipinski definition) is 2. The van der Waals surface area contributed by atoms with E-state index < -0.39 is 0 Å². The zero-order chi connectivity index (χ0) is 14.5. The lowest BCUT2D eigenvalue weighted by Crippen LogP contribution is -2.39. The summed E-state index contributed by atoms with van der Waals surface area (Å²) in [4.78, 5) is 2.43. The predicted octanol–water partition coefficient (Wildman–Crippen LogP) is 4.01. The standard InChI is InChI=1S/C18H29NO/c1-4-15-10-11-18(20)16(12-15)13-19(5-2)17-9-7-6-8-14(17)3/h6-9,15-16,18,20H,4-5,10-13H2,1-3H3. The fourth-order valence-electron chi connectivity index (χ4n) is 3.51. The number of aliphatic hydroxyl groups excluding tert-OH is 1. The molecule has 1 aliphatic carbocycles. The fourth-order valence-corrected chi connectivity index (χ4v) is 3.51. The van der Waals surface area contributed by atoms with Crippen LogP contribution in [0.3, 0.4) is 0 Å². The Kier molecular flexibility index (Phi) is 5.47. The van der Waals surface area contributed by atoms with Crippen molar-refractivity contribution < 1.29 is 5.11 Å². The van der Waals surface area contributed by atoms with Gasteiger partial charge in [-0.15, -0.1) is 0 Å². The first kappa shape index (κ1) is 15.4. The molecule has 3 unspecified atom stereocenters. The van der Waals surface area contributed by atoms with Gasteiger partial charge in [0.2, 0.25) is 0 Å². The summed E-state index contributed by atoms with van der Waals surface area (Å²) in [5.41, 5.74) is 2.65. The molecule has 0 aliphatic heterocycles. The third-order valence-electron chi connectivity index (χ3n) is 4.92. The second-order valence-corrected chi connectivity index (χ2v) is 6.24. The number of nitrogens with zero attached hydrogens (tertiary/aromatic N) is 1. The van der Waals surface area contributed by atoms with Gasteiger partial charge in [-0.05, 0) is 50.7 Å². The molecule has 0 saturated heterocycles. The van der Waals surface area contributed by atoms with Crippen molar-refractivity contribution in [1.29, 1.82) is 0 Å². The Bertz CT molecular complexity index is 418. The Balaban J connectivity index is 2.07. The maximum atomic E-state index is 10.3. The maximum absolute atomic E-state index is 10.3. The molecule has 1 N–H and O–H groups in total. The number of rotatable bonds is 5. The molecule has 2 heteroatoms. The Hall–Kier alpha value is -1.02. The van der Waals surface area contributed by atoms with Crippen molar-refractivity contribution in [1.82, 2.24) is 0 Å². The summed E-state index contributed by atoms with van der Waals surface area (Å²) in [5.74, 6) is 1.23. The third-order valence-corrected chi connectivity index (χ3v) is 4.92. The van der Waals surface area contributed by atoms with E-state index in [1.807, 2.05) is 0 Å². The van der Waals surface area contributed by atoms with Crippen LogP contribution in [0.15, 0.2) is 24.3 Å². The molecule has 3 atom stereocenters. The van der Waals surface area contributed by atoms with Gasteiger partial charge in [0.15, 0.2) is 0 Å². The van der Waals surface area contributed by atoms with Gasteiger partial charge in [-0.25, -0.2) is 0 Å². The lowest BCUT2D eigenvalue weighted by molar-refractivity contribution is 0.0507. The van der Waals surface area contributed by atoms with Gasteiger partial charge in [-0.3, -0.25) is 0 Å². The van der Waals surface area contributed by atoms with E-state index in [0.29, 0.717) is 5.92 Å². The summed E-state index contributed by atoms with van der Waals surface area (Å²) >= 11 is 0. The minimum Gasteiger partial charge on any atom is -0.393 e. The molecule has 0 heterocycles. The Labute approximate surface area is 123 Å². The monoisotopic (exact) mass is 275 g/mol. The van der Waals surface area contributed by atoms with Crippen LogP contribution in [0.4, 0.5) is 5.69 Å². The molecule has 0 spiro atoms. The van der Waals surface area contributed by atoms with Crippen molar-refractivity contribution in [2.45, 2.75) is 52.6 Å². The van der Waals surface area contributed by atoms with Crippen molar-refractivity contribution in [2.24, 2.45) is 11.8 Å². The highest BCUT2D eigenvalue weighted by atomic mass is 16.3. The third kappa shape index (κ3) is 3.54. The van der Waals surface area contributed by atoms with Crippen LogP contribution in [-0.4, -0.2) is 24.3 Å². The molecule has 0 amide bonds. The normalized spacial score (nSPS) is 26.5. The van der Waals surface area contributed by atoms with E-state index >= 15 is 0 Å². The first-order valence-corrected chi connectivity index (χ1v) is 8.14. The molecular formula is C18H29NO. The SMILES string of the molecule is CCC1CCC(O)C(CN(CC)c2ccccc2C)C1. The van der Waals surface area contributed by atoms with E-state index in [0.717, 1.165) is 25.4 Å². The molecule has 2 nitrogen and oxygen atoms in total. The maximum Gasteiger partial charge on any atom is 0.0585 e. The van der Waals surface area contributed by atoms with Crippen molar-refractivity contribution in [3.63, 3.8) is 0 Å². The first-order valence-electron chi connectivity index (χ1n) is 8.14. The lowest BCUT2D eigenvalue weighted by atomic mass is 9.78. The van der Waals surface area contributed by atoms with E-state index in [1.54, 1.807) is 0 Å². The molecule has 2 rings (SSSR count). The molecule has 0 radical (unpaired) electrons. The molecule has 1 saturated carbocycles. The van der Waals surface area contributed by atoms with E-state index in [-0.39, 0.29) is 6.10 Å². The van der Waals surface area contributed by atoms with E-state index in [4.69, 9.17) is 0 Å². The first-order chi connectivity index (χ1) is 9.65. The molecule has 0 aromatic heterocycles. The molecule has 0 bridgehead atoms. The van der Waals surface area contributed by atoms with Gasteiger partial charge in [-0.2, -0.15) is 0 Å². The van der Waals surface area contributed by atoms with Gasteiger partial charge in [0.1, 0.15) is 0 Å². The molecule has 112 valence electrons. The molecule has 1 aromatic rings. The van der Waals surface area contributed by atoms with Crippen LogP contribution in [0.5, 0.6) is 0 Å². The average Bonchev–Trinajstić information content (AvgIpc) is 2.47. The number of hydrogen-bond donors (Lipinski definition) is 1. The average molecular weight is 275 g/mol. The Morgan fingerprint density at radius 1 is 1.20 bits per heavy atom. The van der Waals surface area contributed by atoms with Gasteiger partial charge < -0.3 is 10.0 Å². The van der Waals surface area contributed by atoms with Crippen LogP contribution in [0, 0.1) is 18.8 Å². The number of anilines is 1. The Morgan fingerprint density at radius 2 is 1.95 bits per heavy atom. The van der Waals surface area contributed by atoms with Crippen molar-refractivity contribution in [2.75, 3.05) is 18.0 Å². The van der Waals surface area contributed by atoms with Gasteiger partial charge in [0.25, 0.3) is 0 Å². The van der Waals surface area contributed by atoms with Gasteiger partial charge >= 0.3 is 0 Å². The Morgan fingerprint density at radius 3 is 2.60 bits per heavy atom. The highest BCUT2D eigenvalue weighted by Gasteiger charge is 2.29. The topological polar surface area (TPSA) is 23.5 Å². The van der Waals surface area contributed by atoms with Crippen molar-refractivity contribution in [3.05, 3.63) is 29.8 Å². The highest BCUT2D eigenvalue weighted by molar-refractivity contribution is 5.52. The minimum atomic E-state index is -0.115. The van der Waals surface area contributed by atoms with Gasteiger partial charge in [0.05, 0.1) is 6.10 Å². The summed E-state index contributed by atoms with van der Waals surface area (Å²) in [6, 6.07) is 8.57. The van der Waals surface area contributed by atoms with E-state index in [1.165, 1.54) is 30.5 Å². The zero-order valence-corrected chi connectivity index (χ0v) is 13.2. The fraction of sp³-hybridized carbons (Fsp3) is 0.667. The van der Waals surface area contributed by atoms with Gasteiger partial charge in [-0.1, -0.05) is 31.5 Å². The summed E-state index contributed by atoms with van der Waals surface area (Å²) < 4.78 is 0. The largest absolute Gasteiger partial charge is 0.393 e. The van der Waals surface area contributed by atoms with Gasteiger partial charge in [0, 0.05) is 24.7 Å². The van der Waals surface area contributed by atoms with Crippen LogP contribution >= 0.6 is 0 Å². The number of aliphatic hydroxyl groups is 1. The predicted molar refractivity (Wildman–Crippen MR) is 86.2 cm³/mol. The molecule has 1 aromatic carbocycles. The summed E-state index contributed by atoms with van der Waals surface area (Å²) in [5, 5.41) is 10.3. The van der Waals surface area contributed by atoms with Crippen molar-refractivity contribution >= 4 is 5.69 Å². The molecule has 1 aliphatic rings. The van der Waals surface area contributed by atoms with Crippen LogP contribution < -0.4 is 4.90 Å². The summed E-state index contributed by atoms with van der Waals surface area (Å²) in [6.45, 7) is 8.64. The quantitative estimate of drug-likeness (QED) is 0.877. The number of benzene rings is 1. The smallest absolute Gasteiger partial charge is 0.0585 e. The number of para-hydroxylation sites is 1. The van der Waals surface area contributed by atoms with Crippen LogP contribution in [0.1, 0.15) is 45.1 Å². The van der Waals surface area contributed by atoms with Crippen LogP contribution in [-0.2, 0) is 0 Å². The summed E-state index contributed by atoms with van der Waals surface area (Å²) in [6.07, 6.45) is 4.50. The zero-order valence-electron chi connectivity index (χ0n) is 13.2. The molecule has 1 fully saturated rings. The lowest BCUT2D eigenvalue weighted by Gasteiger charge is -2.37. The van der Waals surface area contributed by atoms with Crippen LogP contribution in [0.25, 0.3) is 0 Å².